The van der Waals surface area contributed by atoms with E-state index in [4.69, 9.17) is 10.8 Å². The lowest BCUT2D eigenvalue weighted by Crippen LogP contribution is -2.44. The standard InChI is InChI=1S/C11H14N2O3S/c12-9(8-4-2-6-17-8)10(14)13-5-1-3-7(13)11(15)16/h2,4,6-7,9H,1,3,5,12H2,(H,15,16)/t7-,9?/m1/s1. The largest absolute Gasteiger partial charge is 0.480 e. The van der Waals surface area contributed by atoms with E-state index in [1.165, 1.54) is 16.2 Å². The van der Waals surface area contributed by atoms with Gasteiger partial charge in [0.25, 0.3) is 0 Å². The summed E-state index contributed by atoms with van der Waals surface area (Å²) >= 11 is 1.41. The Morgan fingerprint density at radius 2 is 2.35 bits per heavy atom. The molecule has 1 saturated heterocycles. The number of nitrogens with zero attached hydrogens (tertiary/aromatic N) is 1. The Morgan fingerprint density at radius 1 is 1.59 bits per heavy atom. The minimum Gasteiger partial charge on any atom is -0.480 e. The van der Waals surface area contributed by atoms with Crippen molar-refractivity contribution in [2.45, 2.75) is 24.9 Å². The summed E-state index contributed by atoms with van der Waals surface area (Å²) in [4.78, 5) is 25.2. The van der Waals surface area contributed by atoms with Gasteiger partial charge in [-0.05, 0) is 24.3 Å². The van der Waals surface area contributed by atoms with E-state index in [9.17, 15) is 9.59 Å². The summed E-state index contributed by atoms with van der Waals surface area (Å²) in [7, 11) is 0. The van der Waals surface area contributed by atoms with Gasteiger partial charge in [-0.3, -0.25) is 4.79 Å². The molecule has 1 aliphatic rings. The second-order valence-electron chi connectivity index (χ2n) is 4.02. The summed E-state index contributed by atoms with van der Waals surface area (Å²) in [5.41, 5.74) is 5.85. The Bertz CT molecular complexity index is 418. The Balaban J connectivity index is 2.12. The van der Waals surface area contributed by atoms with E-state index in [2.05, 4.69) is 0 Å². The fraction of sp³-hybridized carbons (Fsp3) is 0.455. The molecule has 1 aliphatic heterocycles. The predicted molar refractivity (Wildman–Crippen MR) is 63.6 cm³/mol. The van der Waals surface area contributed by atoms with Crippen LogP contribution in [0.15, 0.2) is 17.5 Å². The normalized spacial score (nSPS) is 21.5. The molecule has 1 fully saturated rings. The van der Waals surface area contributed by atoms with Crippen molar-refractivity contribution < 1.29 is 14.7 Å². The number of likely N-dealkylation sites (tertiary alicyclic amines) is 1. The van der Waals surface area contributed by atoms with Gasteiger partial charge in [0.05, 0.1) is 0 Å². The van der Waals surface area contributed by atoms with Gasteiger partial charge in [0.2, 0.25) is 5.91 Å². The van der Waals surface area contributed by atoms with Crippen molar-refractivity contribution in [2.75, 3.05) is 6.54 Å². The number of nitrogens with two attached hydrogens (primary N) is 1. The van der Waals surface area contributed by atoms with Gasteiger partial charge in [0, 0.05) is 11.4 Å². The second kappa shape index (κ2) is 4.85. The number of carbonyl (C=O) groups excluding carboxylic acids is 1. The maximum absolute atomic E-state index is 12.1. The van der Waals surface area contributed by atoms with E-state index in [-0.39, 0.29) is 5.91 Å². The summed E-state index contributed by atoms with van der Waals surface area (Å²) in [5, 5.41) is 10.9. The highest BCUT2D eigenvalue weighted by molar-refractivity contribution is 7.10. The van der Waals surface area contributed by atoms with E-state index in [1.54, 1.807) is 6.07 Å². The van der Waals surface area contributed by atoms with E-state index >= 15 is 0 Å². The first-order chi connectivity index (χ1) is 8.11. The average Bonchev–Trinajstić information content (AvgIpc) is 2.97. The molecular weight excluding hydrogens is 240 g/mol. The quantitative estimate of drug-likeness (QED) is 0.836. The number of carboxylic acid groups (broad SMARTS) is 1. The number of rotatable bonds is 3. The highest BCUT2D eigenvalue weighted by atomic mass is 32.1. The van der Waals surface area contributed by atoms with Crippen LogP contribution in [0.3, 0.4) is 0 Å². The lowest BCUT2D eigenvalue weighted by Gasteiger charge is -2.24. The van der Waals surface area contributed by atoms with Crippen molar-refractivity contribution in [1.29, 1.82) is 0 Å². The number of carboxylic acids is 1. The highest BCUT2D eigenvalue weighted by Gasteiger charge is 2.36. The van der Waals surface area contributed by atoms with Gasteiger partial charge in [-0.1, -0.05) is 6.07 Å². The molecule has 92 valence electrons. The third-order valence-electron chi connectivity index (χ3n) is 2.94. The van der Waals surface area contributed by atoms with Gasteiger partial charge in [0.1, 0.15) is 12.1 Å². The van der Waals surface area contributed by atoms with Crippen molar-refractivity contribution in [3.63, 3.8) is 0 Å². The van der Waals surface area contributed by atoms with E-state index in [0.717, 1.165) is 11.3 Å². The van der Waals surface area contributed by atoms with Crippen LogP contribution in [0.1, 0.15) is 23.8 Å². The van der Waals surface area contributed by atoms with Gasteiger partial charge < -0.3 is 15.7 Å². The number of amides is 1. The first kappa shape index (κ1) is 12.1. The van der Waals surface area contributed by atoms with Crippen molar-refractivity contribution in [3.8, 4) is 0 Å². The van der Waals surface area contributed by atoms with Crippen molar-refractivity contribution in [3.05, 3.63) is 22.4 Å². The number of aliphatic carboxylic acids is 1. The van der Waals surface area contributed by atoms with Crippen LogP contribution in [0, 0.1) is 0 Å². The van der Waals surface area contributed by atoms with Crippen LogP contribution >= 0.6 is 11.3 Å². The molecular formula is C11H14N2O3S. The molecule has 0 aromatic carbocycles. The maximum atomic E-state index is 12.1. The van der Waals surface area contributed by atoms with Crippen LogP contribution in [0.4, 0.5) is 0 Å². The number of thiophene rings is 1. The third kappa shape index (κ3) is 2.32. The minimum absolute atomic E-state index is 0.294. The molecule has 0 radical (unpaired) electrons. The molecule has 2 atom stereocenters. The van der Waals surface area contributed by atoms with Gasteiger partial charge in [-0.25, -0.2) is 4.79 Å². The molecule has 1 amide bonds. The molecule has 0 bridgehead atoms. The summed E-state index contributed by atoms with van der Waals surface area (Å²) in [6, 6.07) is 2.16. The molecule has 1 unspecified atom stereocenters. The Hall–Kier alpha value is -1.40. The van der Waals surface area contributed by atoms with Crippen LogP contribution in [-0.4, -0.2) is 34.5 Å². The second-order valence-corrected chi connectivity index (χ2v) is 5.00. The van der Waals surface area contributed by atoms with E-state index in [1.807, 2.05) is 11.4 Å². The molecule has 0 saturated carbocycles. The Kier molecular flexibility index (Phi) is 3.44. The smallest absolute Gasteiger partial charge is 0.326 e. The molecule has 2 rings (SSSR count). The predicted octanol–water partition coefficient (Wildman–Crippen LogP) is 0.824. The lowest BCUT2D eigenvalue weighted by molar-refractivity contribution is -0.148. The van der Waals surface area contributed by atoms with Gasteiger partial charge in [0.15, 0.2) is 0 Å². The van der Waals surface area contributed by atoms with E-state index < -0.39 is 18.1 Å². The summed E-state index contributed by atoms with van der Waals surface area (Å²) < 4.78 is 0. The molecule has 0 spiro atoms. The summed E-state index contributed by atoms with van der Waals surface area (Å²) in [5.74, 6) is -1.24. The lowest BCUT2D eigenvalue weighted by atomic mass is 10.2. The highest BCUT2D eigenvalue weighted by Crippen LogP contribution is 2.24. The molecule has 5 nitrogen and oxygen atoms in total. The third-order valence-corrected chi connectivity index (χ3v) is 3.89. The van der Waals surface area contributed by atoms with Crippen LogP contribution < -0.4 is 5.73 Å². The molecule has 2 heterocycles. The number of hydrogen-bond acceptors (Lipinski definition) is 4. The summed E-state index contributed by atoms with van der Waals surface area (Å²) in [6.45, 7) is 0.481. The van der Waals surface area contributed by atoms with Crippen LogP contribution in [0.2, 0.25) is 0 Å². The van der Waals surface area contributed by atoms with Gasteiger partial charge in [-0.15, -0.1) is 11.3 Å². The SMILES string of the molecule is NC(C(=O)N1CCC[C@@H]1C(=O)O)c1cccs1. The molecule has 0 aliphatic carbocycles. The fourth-order valence-corrected chi connectivity index (χ4v) is 2.77. The first-order valence-corrected chi connectivity index (χ1v) is 6.31. The fourth-order valence-electron chi connectivity index (χ4n) is 2.06. The van der Waals surface area contributed by atoms with Crippen LogP contribution in [-0.2, 0) is 9.59 Å². The molecule has 1 aromatic rings. The van der Waals surface area contributed by atoms with Crippen molar-refractivity contribution in [2.24, 2.45) is 5.73 Å². The zero-order valence-corrected chi connectivity index (χ0v) is 10.0. The van der Waals surface area contributed by atoms with Crippen LogP contribution in [0.5, 0.6) is 0 Å². The van der Waals surface area contributed by atoms with Gasteiger partial charge >= 0.3 is 5.97 Å². The molecule has 1 aromatic heterocycles. The Labute approximate surface area is 103 Å². The van der Waals surface area contributed by atoms with Crippen molar-refractivity contribution >= 4 is 23.2 Å². The molecule has 6 heteroatoms. The molecule has 3 N–H and O–H groups in total. The topological polar surface area (TPSA) is 83.6 Å². The Morgan fingerprint density at radius 3 is 2.94 bits per heavy atom. The zero-order valence-electron chi connectivity index (χ0n) is 9.20. The van der Waals surface area contributed by atoms with Gasteiger partial charge in [-0.2, -0.15) is 0 Å². The van der Waals surface area contributed by atoms with E-state index in [0.29, 0.717) is 13.0 Å². The maximum Gasteiger partial charge on any atom is 0.326 e. The number of carbonyl (C=O) groups is 2. The average molecular weight is 254 g/mol. The molecule has 17 heavy (non-hydrogen) atoms. The summed E-state index contributed by atoms with van der Waals surface area (Å²) in [6.07, 6.45) is 1.23. The van der Waals surface area contributed by atoms with Crippen molar-refractivity contribution in [1.82, 2.24) is 4.90 Å². The zero-order chi connectivity index (χ0) is 12.4. The minimum atomic E-state index is -0.950. The van der Waals surface area contributed by atoms with Crippen LogP contribution in [0.25, 0.3) is 0 Å². The number of hydrogen-bond donors (Lipinski definition) is 2. The monoisotopic (exact) mass is 254 g/mol. The first-order valence-electron chi connectivity index (χ1n) is 5.43.